The van der Waals surface area contributed by atoms with Gasteiger partial charge in [-0.15, -0.1) is 11.3 Å². The van der Waals surface area contributed by atoms with Crippen molar-refractivity contribution in [3.05, 3.63) is 82.5 Å². The molecule has 0 radical (unpaired) electrons. The van der Waals surface area contributed by atoms with E-state index >= 15 is 0 Å². The van der Waals surface area contributed by atoms with Crippen LogP contribution in [0.15, 0.2) is 72.1 Å². The number of pyridine rings is 1. The highest BCUT2D eigenvalue weighted by molar-refractivity contribution is 7.12. The Kier molecular flexibility index (Phi) is 5.03. The second-order valence-corrected chi connectivity index (χ2v) is 7.36. The second kappa shape index (κ2) is 7.77. The second-order valence-electron chi connectivity index (χ2n) is 6.41. The van der Waals surface area contributed by atoms with Crippen LogP contribution in [0.1, 0.15) is 27.7 Å². The fourth-order valence-electron chi connectivity index (χ4n) is 3.38. The molecule has 1 amide bonds. The number of imidazole rings is 1. The molecule has 0 unspecified atom stereocenters. The zero-order valence-electron chi connectivity index (χ0n) is 14.9. The fraction of sp³-hybridized carbons (Fsp3) is 0.200. The number of carbonyl (C=O) groups is 2. The van der Waals surface area contributed by atoms with Crippen LogP contribution in [0.25, 0.3) is 0 Å². The molecule has 0 aromatic carbocycles. The Morgan fingerprint density at radius 1 is 1.18 bits per heavy atom. The van der Waals surface area contributed by atoms with E-state index in [1.807, 2.05) is 16.8 Å². The molecule has 4 heterocycles. The zero-order valence-corrected chi connectivity index (χ0v) is 15.7. The number of Topliss-reactive ketones (excluding diaryl/α,β-unsaturated/α-hetero) is 1. The van der Waals surface area contributed by atoms with Gasteiger partial charge in [0.15, 0.2) is 5.76 Å². The lowest BCUT2D eigenvalue weighted by Crippen LogP contribution is -2.32. The van der Waals surface area contributed by atoms with E-state index < -0.39 is 17.7 Å². The van der Waals surface area contributed by atoms with E-state index in [-0.39, 0.29) is 11.4 Å². The molecule has 7 nitrogen and oxygen atoms in total. The molecule has 0 aliphatic carbocycles. The third-order valence-corrected chi connectivity index (χ3v) is 5.54. The van der Waals surface area contributed by atoms with E-state index in [0.717, 1.165) is 0 Å². The van der Waals surface area contributed by atoms with E-state index in [9.17, 15) is 14.7 Å². The number of hydrogen-bond acceptors (Lipinski definition) is 6. The maximum Gasteiger partial charge on any atom is 0.290 e. The first-order valence-corrected chi connectivity index (χ1v) is 9.72. The Hall–Kier alpha value is -3.26. The van der Waals surface area contributed by atoms with Crippen LogP contribution in [0.4, 0.5) is 0 Å². The molecule has 3 aromatic heterocycles. The summed E-state index contributed by atoms with van der Waals surface area (Å²) >= 11 is 1.29. The lowest BCUT2D eigenvalue weighted by atomic mass is 9.96. The van der Waals surface area contributed by atoms with Crippen molar-refractivity contribution in [2.45, 2.75) is 19.0 Å². The van der Waals surface area contributed by atoms with E-state index in [1.54, 1.807) is 53.4 Å². The van der Waals surface area contributed by atoms with Gasteiger partial charge in [-0.05, 0) is 29.5 Å². The molecule has 28 heavy (non-hydrogen) atoms. The van der Waals surface area contributed by atoms with Crippen molar-refractivity contribution in [2.24, 2.45) is 0 Å². The molecule has 8 heteroatoms. The first-order chi connectivity index (χ1) is 13.7. The van der Waals surface area contributed by atoms with Crippen LogP contribution in [0.2, 0.25) is 0 Å². The molecule has 0 spiro atoms. The summed E-state index contributed by atoms with van der Waals surface area (Å²) < 4.78 is 1.92. The van der Waals surface area contributed by atoms with Gasteiger partial charge in [-0.2, -0.15) is 0 Å². The molecule has 142 valence electrons. The molecule has 1 aliphatic rings. The summed E-state index contributed by atoms with van der Waals surface area (Å²) in [7, 11) is 0. The molecule has 0 saturated carbocycles. The van der Waals surface area contributed by atoms with Gasteiger partial charge in [0, 0.05) is 37.9 Å². The van der Waals surface area contributed by atoms with Crippen LogP contribution < -0.4 is 0 Å². The van der Waals surface area contributed by atoms with Crippen LogP contribution >= 0.6 is 11.3 Å². The largest absolute Gasteiger partial charge is 0.503 e. The van der Waals surface area contributed by atoms with Crippen molar-refractivity contribution in [3.8, 4) is 0 Å². The lowest BCUT2D eigenvalue weighted by molar-refractivity contribution is -0.129. The highest BCUT2D eigenvalue weighted by atomic mass is 32.1. The van der Waals surface area contributed by atoms with Gasteiger partial charge >= 0.3 is 0 Å². The fourth-order valence-corrected chi connectivity index (χ4v) is 4.06. The molecule has 0 fully saturated rings. The van der Waals surface area contributed by atoms with Crippen molar-refractivity contribution in [1.82, 2.24) is 19.4 Å². The molecule has 1 N–H and O–H groups in total. The van der Waals surface area contributed by atoms with E-state index in [4.69, 9.17) is 0 Å². The molecular weight excluding hydrogens is 376 g/mol. The summed E-state index contributed by atoms with van der Waals surface area (Å²) in [5, 5.41) is 12.3. The van der Waals surface area contributed by atoms with Gasteiger partial charge in [0.25, 0.3) is 5.91 Å². The number of aryl methyl sites for hydroxylation is 1. The summed E-state index contributed by atoms with van der Waals surface area (Å²) in [4.78, 5) is 36.0. The molecule has 0 saturated heterocycles. The highest BCUT2D eigenvalue weighted by Crippen LogP contribution is 2.39. The summed E-state index contributed by atoms with van der Waals surface area (Å²) in [6, 6.07) is 6.38. The number of nitrogens with zero attached hydrogens (tertiary/aromatic N) is 4. The van der Waals surface area contributed by atoms with Crippen molar-refractivity contribution in [2.75, 3.05) is 6.54 Å². The minimum Gasteiger partial charge on any atom is -0.503 e. The molecule has 3 aromatic rings. The van der Waals surface area contributed by atoms with Gasteiger partial charge in [-0.3, -0.25) is 14.6 Å². The maximum absolute atomic E-state index is 13.0. The summed E-state index contributed by atoms with van der Waals surface area (Å²) in [6.07, 6.45) is 9.18. The SMILES string of the molecule is O=C(C1=C(O)C(=O)N(CCCn2ccnc2)[C@@H]1c1cccnc1)c1cccs1. The van der Waals surface area contributed by atoms with Gasteiger partial charge in [-0.1, -0.05) is 12.1 Å². The number of hydrogen-bond donors (Lipinski definition) is 1. The van der Waals surface area contributed by atoms with Gasteiger partial charge in [-0.25, -0.2) is 4.98 Å². The number of carbonyl (C=O) groups excluding carboxylic acids is 2. The predicted molar refractivity (Wildman–Crippen MR) is 104 cm³/mol. The monoisotopic (exact) mass is 394 g/mol. The number of thiophene rings is 1. The van der Waals surface area contributed by atoms with Crippen molar-refractivity contribution >= 4 is 23.0 Å². The Labute approximate surface area is 165 Å². The van der Waals surface area contributed by atoms with Crippen LogP contribution in [-0.4, -0.2) is 42.8 Å². The first-order valence-electron chi connectivity index (χ1n) is 8.85. The molecular formula is C20H18N4O3S. The normalized spacial score (nSPS) is 16.8. The molecule has 1 atom stereocenters. The van der Waals surface area contributed by atoms with E-state index in [2.05, 4.69) is 9.97 Å². The smallest absolute Gasteiger partial charge is 0.290 e. The number of aliphatic hydroxyl groups is 1. The van der Waals surface area contributed by atoms with Gasteiger partial charge < -0.3 is 14.6 Å². The minimum atomic E-state index is -0.654. The Morgan fingerprint density at radius 3 is 2.75 bits per heavy atom. The Morgan fingerprint density at radius 2 is 2.07 bits per heavy atom. The standard InChI is InChI=1S/C20H18N4O3S/c25-18(15-5-2-11-28-15)16-17(14-4-1-6-21-12-14)24(20(27)19(16)26)9-3-8-23-10-7-22-13-23/h1-2,4-7,10-13,17,26H,3,8-9H2/t17-/m1/s1. The molecule has 4 rings (SSSR count). The van der Waals surface area contributed by atoms with E-state index in [0.29, 0.717) is 30.0 Å². The number of amides is 1. The molecule has 0 bridgehead atoms. The number of aromatic nitrogens is 3. The first kappa shape index (κ1) is 18.1. The van der Waals surface area contributed by atoms with Crippen molar-refractivity contribution < 1.29 is 14.7 Å². The predicted octanol–water partition coefficient (Wildman–Crippen LogP) is 3.01. The van der Waals surface area contributed by atoms with Gasteiger partial charge in [0.05, 0.1) is 22.8 Å². The zero-order chi connectivity index (χ0) is 19.5. The van der Waals surface area contributed by atoms with Crippen LogP contribution in [0.3, 0.4) is 0 Å². The minimum absolute atomic E-state index is 0.114. The van der Waals surface area contributed by atoms with Gasteiger partial charge in [0.2, 0.25) is 5.78 Å². The maximum atomic E-state index is 13.0. The third kappa shape index (κ3) is 3.34. The van der Waals surface area contributed by atoms with Crippen LogP contribution in [0, 0.1) is 0 Å². The average molecular weight is 394 g/mol. The van der Waals surface area contributed by atoms with E-state index in [1.165, 1.54) is 11.3 Å². The highest BCUT2D eigenvalue weighted by Gasteiger charge is 2.43. The third-order valence-electron chi connectivity index (χ3n) is 4.67. The summed E-state index contributed by atoms with van der Waals surface area (Å²) in [5.41, 5.74) is 0.811. The Bertz CT molecular complexity index is 998. The lowest BCUT2D eigenvalue weighted by Gasteiger charge is -2.26. The van der Waals surface area contributed by atoms with Gasteiger partial charge in [0.1, 0.15) is 0 Å². The summed E-state index contributed by atoms with van der Waals surface area (Å²) in [6.45, 7) is 1.07. The van der Waals surface area contributed by atoms with Crippen molar-refractivity contribution in [3.63, 3.8) is 0 Å². The average Bonchev–Trinajstić information content (AvgIpc) is 3.46. The number of ketones is 1. The number of aliphatic hydroxyl groups excluding tert-OH is 1. The van der Waals surface area contributed by atoms with Crippen LogP contribution in [-0.2, 0) is 11.3 Å². The summed E-state index contributed by atoms with van der Waals surface area (Å²) in [5.74, 6) is -1.33. The topological polar surface area (TPSA) is 88.3 Å². The number of rotatable bonds is 7. The Balaban J connectivity index is 1.64. The van der Waals surface area contributed by atoms with Crippen molar-refractivity contribution in [1.29, 1.82) is 0 Å². The molecule has 1 aliphatic heterocycles. The quantitative estimate of drug-likeness (QED) is 0.623. The van der Waals surface area contributed by atoms with Crippen LogP contribution in [0.5, 0.6) is 0 Å².